The van der Waals surface area contributed by atoms with Crippen LogP contribution in [-0.4, -0.2) is 44.7 Å². The van der Waals surface area contributed by atoms with E-state index in [2.05, 4.69) is 5.32 Å². The Labute approximate surface area is 157 Å². The molecule has 27 heavy (non-hydrogen) atoms. The summed E-state index contributed by atoms with van der Waals surface area (Å²) < 4.78 is 16.7. The molecule has 1 saturated heterocycles. The van der Waals surface area contributed by atoms with Crippen molar-refractivity contribution in [2.24, 2.45) is 5.92 Å². The van der Waals surface area contributed by atoms with Gasteiger partial charge < -0.3 is 19.5 Å². The predicted octanol–water partition coefficient (Wildman–Crippen LogP) is 1.78. The SMILES string of the molecule is COC(=O)C=Cc1cc(OC)c2c3c1CC1NCCC34C(O2)C(=O)CCC14. The molecule has 4 unspecified atom stereocenters. The van der Waals surface area contributed by atoms with Crippen LogP contribution in [0.3, 0.4) is 0 Å². The van der Waals surface area contributed by atoms with Crippen LogP contribution < -0.4 is 14.8 Å². The number of benzene rings is 1. The highest BCUT2D eigenvalue weighted by Gasteiger charge is 2.65. The molecule has 6 nitrogen and oxygen atoms in total. The minimum absolute atomic E-state index is 0.199. The number of nitrogens with one attached hydrogen (secondary N) is 1. The Kier molecular flexibility index (Phi) is 3.63. The van der Waals surface area contributed by atoms with Gasteiger partial charge in [-0.3, -0.25) is 4.79 Å². The van der Waals surface area contributed by atoms with Gasteiger partial charge in [0, 0.05) is 29.5 Å². The first kappa shape index (κ1) is 16.8. The Bertz CT molecular complexity index is 876. The highest BCUT2D eigenvalue weighted by atomic mass is 16.5. The van der Waals surface area contributed by atoms with E-state index in [1.54, 1.807) is 13.2 Å². The fraction of sp³-hybridized carbons (Fsp3) is 0.524. The third kappa shape index (κ3) is 2.10. The third-order valence-electron chi connectivity index (χ3n) is 6.89. The van der Waals surface area contributed by atoms with Gasteiger partial charge in [-0.25, -0.2) is 4.79 Å². The van der Waals surface area contributed by atoms with Crippen molar-refractivity contribution in [2.75, 3.05) is 20.8 Å². The van der Waals surface area contributed by atoms with E-state index >= 15 is 0 Å². The van der Waals surface area contributed by atoms with Crippen molar-refractivity contribution in [1.82, 2.24) is 5.32 Å². The fourth-order valence-corrected chi connectivity index (χ4v) is 5.87. The smallest absolute Gasteiger partial charge is 0.330 e. The van der Waals surface area contributed by atoms with Crippen LogP contribution in [0.15, 0.2) is 12.1 Å². The molecule has 1 spiro atoms. The van der Waals surface area contributed by atoms with Gasteiger partial charge in [0.15, 0.2) is 23.4 Å². The highest BCUT2D eigenvalue weighted by molar-refractivity contribution is 5.91. The number of ketones is 1. The molecule has 0 aromatic heterocycles. The number of hydrogen-bond acceptors (Lipinski definition) is 6. The zero-order valence-electron chi connectivity index (χ0n) is 15.5. The van der Waals surface area contributed by atoms with Gasteiger partial charge in [-0.05, 0) is 55.0 Å². The molecule has 4 atom stereocenters. The van der Waals surface area contributed by atoms with Crippen molar-refractivity contribution < 1.29 is 23.8 Å². The van der Waals surface area contributed by atoms with E-state index in [1.165, 1.54) is 13.2 Å². The van der Waals surface area contributed by atoms with Crippen molar-refractivity contribution in [1.29, 1.82) is 0 Å². The van der Waals surface area contributed by atoms with Crippen LogP contribution in [0.5, 0.6) is 11.5 Å². The second kappa shape index (κ2) is 5.83. The molecule has 6 heteroatoms. The predicted molar refractivity (Wildman–Crippen MR) is 98.0 cm³/mol. The summed E-state index contributed by atoms with van der Waals surface area (Å²) >= 11 is 0. The summed E-state index contributed by atoms with van der Waals surface area (Å²) in [6.07, 6.45) is 6.04. The number of esters is 1. The molecular weight excluding hydrogens is 346 g/mol. The molecule has 1 aromatic rings. The van der Waals surface area contributed by atoms with Crippen LogP contribution in [0.4, 0.5) is 0 Å². The first-order valence-electron chi connectivity index (χ1n) is 9.53. The Morgan fingerprint density at radius 1 is 1.41 bits per heavy atom. The fourth-order valence-electron chi connectivity index (χ4n) is 5.87. The van der Waals surface area contributed by atoms with Gasteiger partial charge in [0.2, 0.25) is 0 Å². The lowest BCUT2D eigenvalue weighted by Gasteiger charge is -2.54. The van der Waals surface area contributed by atoms with Crippen LogP contribution in [0.1, 0.15) is 36.0 Å². The van der Waals surface area contributed by atoms with E-state index in [0.717, 1.165) is 48.2 Å². The maximum Gasteiger partial charge on any atom is 0.330 e. The van der Waals surface area contributed by atoms with Crippen molar-refractivity contribution in [3.05, 3.63) is 28.8 Å². The summed E-state index contributed by atoms with van der Waals surface area (Å²) in [7, 11) is 2.98. The quantitative estimate of drug-likeness (QED) is 0.647. The number of methoxy groups -OCH3 is 2. The molecule has 0 amide bonds. The lowest BCUT2D eigenvalue weighted by atomic mass is 9.52. The first-order valence-corrected chi connectivity index (χ1v) is 9.53. The van der Waals surface area contributed by atoms with Crippen molar-refractivity contribution in [3.63, 3.8) is 0 Å². The number of Topliss-reactive ketones (excluding diaryl/α,β-unsaturated/α-hetero) is 1. The average Bonchev–Trinajstić information content (AvgIpc) is 3.01. The topological polar surface area (TPSA) is 73.9 Å². The van der Waals surface area contributed by atoms with Crippen molar-refractivity contribution >= 4 is 17.8 Å². The van der Waals surface area contributed by atoms with Crippen molar-refractivity contribution in [3.8, 4) is 11.5 Å². The summed E-state index contributed by atoms with van der Waals surface area (Å²) in [6, 6.07) is 2.23. The van der Waals surface area contributed by atoms with Gasteiger partial charge in [0.05, 0.1) is 14.2 Å². The van der Waals surface area contributed by atoms with Gasteiger partial charge in [-0.1, -0.05) is 0 Å². The molecule has 2 bridgehead atoms. The molecule has 0 radical (unpaired) electrons. The molecular formula is C21H23NO5. The molecule has 5 rings (SSSR count). The molecule has 2 heterocycles. The van der Waals surface area contributed by atoms with Crippen LogP contribution in [-0.2, 0) is 26.2 Å². The van der Waals surface area contributed by atoms with E-state index in [-0.39, 0.29) is 11.2 Å². The summed E-state index contributed by atoms with van der Waals surface area (Å²) in [6.45, 7) is 0.887. The van der Waals surface area contributed by atoms with Crippen LogP contribution >= 0.6 is 0 Å². The third-order valence-corrected chi connectivity index (χ3v) is 6.89. The number of hydrogen-bond donors (Lipinski definition) is 1. The Morgan fingerprint density at radius 3 is 3.04 bits per heavy atom. The molecule has 2 aliphatic heterocycles. The number of rotatable bonds is 3. The molecule has 1 saturated carbocycles. The lowest BCUT2D eigenvalue weighted by molar-refractivity contribution is -0.135. The minimum Gasteiger partial charge on any atom is -0.493 e. The molecule has 1 aromatic carbocycles. The van der Waals surface area contributed by atoms with E-state index in [0.29, 0.717) is 24.1 Å². The second-order valence-corrected chi connectivity index (χ2v) is 7.87. The molecule has 4 aliphatic rings. The summed E-state index contributed by atoms with van der Waals surface area (Å²) in [5.41, 5.74) is 2.98. The lowest BCUT2D eigenvalue weighted by Crippen LogP contribution is -2.65. The summed E-state index contributed by atoms with van der Waals surface area (Å²) in [5, 5.41) is 3.66. The first-order chi connectivity index (χ1) is 13.1. The van der Waals surface area contributed by atoms with Crippen LogP contribution in [0, 0.1) is 5.92 Å². The van der Waals surface area contributed by atoms with Gasteiger partial charge in [0.1, 0.15) is 0 Å². The normalized spacial score (nSPS) is 32.8. The summed E-state index contributed by atoms with van der Waals surface area (Å²) in [5.74, 6) is 1.56. The van der Waals surface area contributed by atoms with E-state index < -0.39 is 12.1 Å². The number of piperidine rings is 1. The van der Waals surface area contributed by atoms with E-state index in [9.17, 15) is 9.59 Å². The monoisotopic (exact) mass is 369 g/mol. The zero-order chi connectivity index (χ0) is 18.8. The van der Waals surface area contributed by atoms with Crippen molar-refractivity contribution in [2.45, 2.75) is 43.2 Å². The van der Waals surface area contributed by atoms with Gasteiger partial charge >= 0.3 is 5.97 Å². The van der Waals surface area contributed by atoms with Crippen LogP contribution in [0.2, 0.25) is 0 Å². The maximum atomic E-state index is 12.8. The Morgan fingerprint density at radius 2 is 2.26 bits per heavy atom. The number of carbonyl (C=O) groups excluding carboxylic acids is 2. The van der Waals surface area contributed by atoms with Gasteiger partial charge in [-0.2, -0.15) is 0 Å². The van der Waals surface area contributed by atoms with Gasteiger partial charge in [-0.15, -0.1) is 0 Å². The second-order valence-electron chi connectivity index (χ2n) is 7.87. The number of carbonyl (C=O) groups is 2. The van der Waals surface area contributed by atoms with E-state index in [4.69, 9.17) is 14.2 Å². The Hall–Kier alpha value is -2.34. The Balaban J connectivity index is 1.75. The zero-order valence-corrected chi connectivity index (χ0v) is 15.5. The van der Waals surface area contributed by atoms with E-state index in [1.807, 2.05) is 6.07 Å². The van der Waals surface area contributed by atoms with Crippen LogP contribution in [0.25, 0.3) is 6.08 Å². The molecule has 2 fully saturated rings. The van der Waals surface area contributed by atoms with Gasteiger partial charge in [0.25, 0.3) is 0 Å². The standard InChI is InChI=1S/C21H23NO5/c1-25-16-9-11(3-6-17(24)26-2)12-10-14-13-4-5-15(23)20-21(13,7-8-22-14)18(12)19(16)27-20/h3,6,9,13-14,20,22H,4-5,7-8,10H2,1-2H3. The summed E-state index contributed by atoms with van der Waals surface area (Å²) in [4.78, 5) is 24.4. The molecule has 142 valence electrons. The maximum absolute atomic E-state index is 12.8. The highest BCUT2D eigenvalue weighted by Crippen LogP contribution is 2.62. The average molecular weight is 369 g/mol. The minimum atomic E-state index is -0.413. The largest absolute Gasteiger partial charge is 0.493 e. The molecule has 2 aliphatic carbocycles. The number of ether oxygens (including phenoxy) is 3. The molecule has 1 N–H and O–H groups in total.